The predicted molar refractivity (Wildman–Crippen MR) is 116 cm³/mol. The molecule has 1 fully saturated rings. The maximum atomic E-state index is 11.9. The molecule has 6 nitrogen and oxygen atoms in total. The number of hydrogen-bond donors (Lipinski definition) is 2. The summed E-state index contributed by atoms with van der Waals surface area (Å²) in [5.41, 5.74) is 3.35. The molecule has 0 saturated carbocycles. The average Bonchev–Trinajstić information content (AvgIpc) is 3.25. The Kier molecular flexibility index (Phi) is 9.05. The van der Waals surface area contributed by atoms with E-state index in [9.17, 15) is 9.90 Å². The third-order valence-corrected chi connectivity index (χ3v) is 6.09. The molecule has 29 heavy (non-hydrogen) atoms. The second-order valence-corrected chi connectivity index (χ2v) is 8.60. The zero-order valence-corrected chi connectivity index (χ0v) is 17.7. The van der Waals surface area contributed by atoms with Crippen molar-refractivity contribution in [3.8, 4) is 0 Å². The Morgan fingerprint density at radius 2 is 2.14 bits per heavy atom. The van der Waals surface area contributed by atoms with Crippen LogP contribution in [0.25, 0.3) is 0 Å². The van der Waals surface area contributed by atoms with E-state index in [0.717, 1.165) is 23.6 Å². The summed E-state index contributed by atoms with van der Waals surface area (Å²) < 4.78 is 5.01. The van der Waals surface area contributed by atoms with E-state index in [1.165, 1.54) is 49.7 Å². The predicted octanol–water partition coefficient (Wildman–Crippen LogP) is 3.00. The highest BCUT2D eigenvalue weighted by molar-refractivity contribution is 7.99. The number of likely N-dealkylation sites (tertiary alicyclic amines) is 1. The number of rotatable bonds is 11. The zero-order valence-electron chi connectivity index (χ0n) is 16.9. The first-order valence-electron chi connectivity index (χ1n) is 10.4. The number of aliphatic hydroxyl groups excluding tert-OH is 1. The smallest absolute Gasteiger partial charge is 0.230 e. The van der Waals surface area contributed by atoms with Crippen molar-refractivity contribution in [2.45, 2.75) is 50.5 Å². The Balaban J connectivity index is 1.31. The van der Waals surface area contributed by atoms with E-state index in [0.29, 0.717) is 18.6 Å². The number of aryl methyl sites for hydroxylation is 1. The van der Waals surface area contributed by atoms with Gasteiger partial charge in [-0.25, -0.2) is 0 Å². The molecule has 0 radical (unpaired) electrons. The molecule has 158 valence electrons. The number of carbonyl (C=O) groups is 1. The lowest BCUT2D eigenvalue weighted by Gasteiger charge is -2.26. The highest BCUT2D eigenvalue weighted by Crippen LogP contribution is 2.14. The molecule has 1 unspecified atom stereocenters. The van der Waals surface area contributed by atoms with Gasteiger partial charge in [0.2, 0.25) is 5.91 Å². The zero-order chi connectivity index (χ0) is 20.3. The number of furan rings is 1. The van der Waals surface area contributed by atoms with Crippen molar-refractivity contribution in [2.24, 2.45) is 0 Å². The Hall–Kier alpha value is -1.83. The first kappa shape index (κ1) is 21.9. The molecule has 0 aliphatic carbocycles. The van der Waals surface area contributed by atoms with Gasteiger partial charge in [0.1, 0.15) is 0 Å². The summed E-state index contributed by atoms with van der Waals surface area (Å²) in [5, 5.41) is 13.0. The van der Waals surface area contributed by atoms with Crippen LogP contribution >= 0.6 is 11.8 Å². The molecule has 7 heteroatoms. The lowest BCUT2D eigenvalue weighted by molar-refractivity contribution is -0.119. The molecule has 2 aromatic heterocycles. The lowest BCUT2D eigenvalue weighted by atomic mass is 10.1. The highest BCUT2D eigenvalue weighted by Gasteiger charge is 2.12. The molecular weight excluding hydrogens is 386 g/mol. The van der Waals surface area contributed by atoms with Crippen molar-refractivity contribution in [3.63, 3.8) is 0 Å². The SMILES string of the molecule is O=C(CSCc1ccoc1)NCC(O)CCc1cc(CN2CCCCC2)ccn1. The Labute approximate surface area is 177 Å². The topological polar surface area (TPSA) is 78.6 Å². The molecule has 1 aliphatic heterocycles. The number of piperidine rings is 1. The summed E-state index contributed by atoms with van der Waals surface area (Å²) in [4.78, 5) is 18.8. The van der Waals surface area contributed by atoms with Crippen molar-refractivity contribution in [2.75, 3.05) is 25.4 Å². The van der Waals surface area contributed by atoms with Crippen molar-refractivity contribution >= 4 is 17.7 Å². The minimum absolute atomic E-state index is 0.0563. The van der Waals surface area contributed by atoms with Crippen molar-refractivity contribution < 1.29 is 14.3 Å². The first-order valence-corrected chi connectivity index (χ1v) is 11.5. The second-order valence-electron chi connectivity index (χ2n) is 7.61. The standard InChI is InChI=1S/C22H31N3O3S/c26-21(13-24-22(27)17-29-16-19-7-11-28-15-19)5-4-20-12-18(6-8-23-20)14-25-9-2-1-3-10-25/h6-8,11-12,15,21,26H,1-5,9-10,13-14,16-17H2,(H,24,27). The van der Waals surface area contributed by atoms with Crippen LogP contribution in [0, 0.1) is 0 Å². The summed E-state index contributed by atoms with van der Waals surface area (Å²) in [6.45, 7) is 3.61. The van der Waals surface area contributed by atoms with Gasteiger partial charge in [-0.05, 0) is 62.5 Å². The van der Waals surface area contributed by atoms with Crippen LogP contribution in [-0.2, 0) is 23.5 Å². The number of aliphatic hydroxyl groups is 1. The number of thioether (sulfide) groups is 1. The van der Waals surface area contributed by atoms with E-state index in [1.807, 2.05) is 12.3 Å². The van der Waals surface area contributed by atoms with Gasteiger partial charge in [-0.15, -0.1) is 11.8 Å². The second kappa shape index (κ2) is 12.0. The minimum Gasteiger partial charge on any atom is -0.472 e. The van der Waals surface area contributed by atoms with Gasteiger partial charge in [-0.1, -0.05) is 6.42 Å². The number of aromatic nitrogens is 1. The number of nitrogens with zero attached hydrogens (tertiary/aromatic N) is 2. The van der Waals surface area contributed by atoms with Gasteiger partial charge in [0.25, 0.3) is 0 Å². The number of carbonyl (C=O) groups excluding carboxylic acids is 1. The largest absolute Gasteiger partial charge is 0.472 e. The van der Waals surface area contributed by atoms with E-state index < -0.39 is 6.10 Å². The minimum atomic E-state index is -0.564. The summed E-state index contributed by atoms with van der Waals surface area (Å²) in [6.07, 6.45) is 9.83. The molecule has 3 heterocycles. The van der Waals surface area contributed by atoms with Gasteiger partial charge in [0.05, 0.1) is 24.4 Å². The normalized spacial score (nSPS) is 15.9. The molecule has 1 atom stereocenters. The highest BCUT2D eigenvalue weighted by atomic mass is 32.2. The maximum Gasteiger partial charge on any atom is 0.230 e. The van der Waals surface area contributed by atoms with Crippen LogP contribution in [0.1, 0.15) is 42.5 Å². The van der Waals surface area contributed by atoms with Crippen LogP contribution in [0.4, 0.5) is 0 Å². The quantitative estimate of drug-likeness (QED) is 0.585. The third kappa shape index (κ3) is 8.20. The summed E-state index contributed by atoms with van der Waals surface area (Å²) in [6, 6.07) is 6.12. The van der Waals surface area contributed by atoms with E-state index in [-0.39, 0.29) is 12.5 Å². The first-order chi connectivity index (χ1) is 14.2. The van der Waals surface area contributed by atoms with Gasteiger partial charge in [0.15, 0.2) is 0 Å². The van der Waals surface area contributed by atoms with Crippen LogP contribution in [0.15, 0.2) is 41.3 Å². The monoisotopic (exact) mass is 417 g/mol. The Morgan fingerprint density at radius 1 is 1.28 bits per heavy atom. The van der Waals surface area contributed by atoms with Gasteiger partial charge in [-0.2, -0.15) is 0 Å². The molecule has 0 spiro atoms. The molecule has 0 bridgehead atoms. The van der Waals surface area contributed by atoms with Crippen LogP contribution in [0.2, 0.25) is 0 Å². The van der Waals surface area contributed by atoms with Gasteiger partial charge in [0, 0.05) is 36.3 Å². The van der Waals surface area contributed by atoms with E-state index in [4.69, 9.17) is 4.42 Å². The van der Waals surface area contributed by atoms with Crippen LogP contribution in [0.3, 0.4) is 0 Å². The summed E-state index contributed by atoms with van der Waals surface area (Å²) in [7, 11) is 0. The molecule has 1 aliphatic rings. The Bertz CT molecular complexity index is 733. The van der Waals surface area contributed by atoms with Crippen LogP contribution in [-0.4, -0.2) is 52.4 Å². The van der Waals surface area contributed by atoms with Crippen LogP contribution in [0.5, 0.6) is 0 Å². The van der Waals surface area contributed by atoms with Crippen molar-refractivity contribution in [1.29, 1.82) is 0 Å². The van der Waals surface area contributed by atoms with Gasteiger partial charge >= 0.3 is 0 Å². The molecule has 0 aromatic carbocycles. The molecule has 1 amide bonds. The molecule has 2 aromatic rings. The number of pyridine rings is 1. The van der Waals surface area contributed by atoms with Crippen molar-refractivity contribution in [3.05, 3.63) is 53.7 Å². The van der Waals surface area contributed by atoms with Crippen LogP contribution < -0.4 is 5.32 Å². The number of amides is 1. The average molecular weight is 418 g/mol. The maximum absolute atomic E-state index is 11.9. The fraction of sp³-hybridized carbons (Fsp3) is 0.545. The summed E-state index contributed by atoms with van der Waals surface area (Å²) >= 11 is 1.53. The van der Waals surface area contributed by atoms with Gasteiger partial charge < -0.3 is 14.8 Å². The van der Waals surface area contributed by atoms with E-state index >= 15 is 0 Å². The lowest BCUT2D eigenvalue weighted by Crippen LogP contribution is -2.33. The van der Waals surface area contributed by atoms with E-state index in [1.54, 1.807) is 12.5 Å². The fourth-order valence-electron chi connectivity index (χ4n) is 3.47. The third-order valence-electron chi connectivity index (χ3n) is 5.09. The Morgan fingerprint density at radius 3 is 2.93 bits per heavy atom. The molecule has 1 saturated heterocycles. The van der Waals surface area contributed by atoms with Crippen molar-refractivity contribution in [1.82, 2.24) is 15.2 Å². The fourth-order valence-corrected chi connectivity index (χ4v) is 4.26. The van der Waals surface area contributed by atoms with Gasteiger partial charge in [-0.3, -0.25) is 14.7 Å². The van der Waals surface area contributed by atoms with E-state index in [2.05, 4.69) is 27.3 Å². The molecule has 3 rings (SSSR count). The number of hydrogen-bond acceptors (Lipinski definition) is 6. The number of nitrogens with one attached hydrogen (secondary N) is 1. The molecular formula is C22H31N3O3S. The molecule has 2 N–H and O–H groups in total. The summed E-state index contributed by atoms with van der Waals surface area (Å²) in [5.74, 6) is 1.06.